The molecule has 0 saturated carbocycles. The third kappa shape index (κ3) is 3.86. The summed E-state index contributed by atoms with van der Waals surface area (Å²) in [4.78, 5) is 23.2. The molecule has 21 heavy (non-hydrogen) atoms. The Hall–Kier alpha value is -1.79. The molecule has 1 heterocycles. The van der Waals surface area contributed by atoms with E-state index in [4.69, 9.17) is 22.1 Å². The van der Waals surface area contributed by atoms with Crippen LogP contribution in [0.3, 0.4) is 0 Å². The van der Waals surface area contributed by atoms with Crippen LogP contribution in [0, 0.1) is 5.92 Å². The van der Waals surface area contributed by atoms with Crippen LogP contribution in [0.15, 0.2) is 12.1 Å². The van der Waals surface area contributed by atoms with Crippen molar-refractivity contribution >= 4 is 34.8 Å². The van der Waals surface area contributed by atoms with Crippen LogP contribution in [-0.2, 0) is 9.59 Å². The monoisotopic (exact) mass is 311 g/mol. The van der Waals surface area contributed by atoms with Crippen molar-refractivity contribution in [3.8, 4) is 5.75 Å². The molecule has 1 aromatic carbocycles. The molecule has 1 aliphatic heterocycles. The zero-order chi connectivity index (χ0) is 15.6. The SMILES string of the molecule is CC(C)CC(N)C(=O)Nc1cc2c(cc1Cl)NC(=O)CO2. The smallest absolute Gasteiger partial charge is 0.262 e. The van der Waals surface area contributed by atoms with Crippen LogP contribution in [0.5, 0.6) is 5.75 Å². The Bertz CT molecular complexity index is 575. The fraction of sp³-hybridized carbons (Fsp3) is 0.429. The van der Waals surface area contributed by atoms with Gasteiger partial charge >= 0.3 is 0 Å². The normalized spacial score (nSPS) is 15.0. The quantitative estimate of drug-likeness (QED) is 0.792. The van der Waals surface area contributed by atoms with Crippen LogP contribution in [0.25, 0.3) is 0 Å². The molecule has 0 bridgehead atoms. The van der Waals surface area contributed by atoms with Gasteiger partial charge < -0.3 is 21.1 Å². The number of hydrogen-bond donors (Lipinski definition) is 3. The van der Waals surface area contributed by atoms with E-state index >= 15 is 0 Å². The maximum absolute atomic E-state index is 12.0. The topological polar surface area (TPSA) is 93.5 Å². The van der Waals surface area contributed by atoms with Gasteiger partial charge in [-0.25, -0.2) is 0 Å². The van der Waals surface area contributed by atoms with Crippen LogP contribution in [0.2, 0.25) is 5.02 Å². The fourth-order valence-electron chi connectivity index (χ4n) is 2.04. The molecular weight excluding hydrogens is 294 g/mol. The highest BCUT2D eigenvalue weighted by atomic mass is 35.5. The van der Waals surface area contributed by atoms with Gasteiger partial charge in [-0.3, -0.25) is 9.59 Å². The summed E-state index contributed by atoms with van der Waals surface area (Å²) >= 11 is 6.10. The molecule has 1 aliphatic rings. The standard InChI is InChI=1S/C14H18ClN3O3/c1-7(2)3-9(16)14(20)18-10-5-12-11(4-8(10)15)17-13(19)6-21-12/h4-5,7,9H,3,6,16H2,1-2H3,(H,17,19)(H,18,20). The first kappa shape index (κ1) is 15.6. The molecule has 0 spiro atoms. The predicted octanol–water partition coefficient (Wildman–Crippen LogP) is 1.98. The number of benzene rings is 1. The summed E-state index contributed by atoms with van der Waals surface area (Å²) < 4.78 is 5.28. The molecule has 0 fully saturated rings. The zero-order valence-electron chi connectivity index (χ0n) is 11.9. The summed E-state index contributed by atoms with van der Waals surface area (Å²) in [6, 6.07) is 2.52. The third-order valence-electron chi connectivity index (χ3n) is 3.02. The zero-order valence-corrected chi connectivity index (χ0v) is 12.7. The van der Waals surface area contributed by atoms with Gasteiger partial charge in [0.15, 0.2) is 6.61 Å². The molecule has 7 heteroatoms. The van der Waals surface area contributed by atoms with E-state index < -0.39 is 6.04 Å². The molecule has 2 amide bonds. The molecule has 6 nitrogen and oxygen atoms in total. The number of amides is 2. The average molecular weight is 312 g/mol. The molecule has 1 atom stereocenters. The Morgan fingerprint density at radius 1 is 1.52 bits per heavy atom. The third-order valence-corrected chi connectivity index (χ3v) is 3.33. The van der Waals surface area contributed by atoms with Crippen molar-refractivity contribution in [2.24, 2.45) is 11.7 Å². The fourth-order valence-corrected chi connectivity index (χ4v) is 2.25. The van der Waals surface area contributed by atoms with Crippen LogP contribution in [0.4, 0.5) is 11.4 Å². The van der Waals surface area contributed by atoms with E-state index in [0.717, 1.165) is 0 Å². The number of nitrogens with two attached hydrogens (primary N) is 1. The first-order valence-electron chi connectivity index (χ1n) is 6.69. The van der Waals surface area contributed by atoms with E-state index in [2.05, 4.69) is 10.6 Å². The van der Waals surface area contributed by atoms with Crippen LogP contribution < -0.4 is 21.1 Å². The predicted molar refractivity (Wildman–Crippen MR) is 81.6 cm³/mol. The highest BCUT2D eigenvalue weighted by Crippen LogP contribution is 2.36. The number of fused-ring (bicyclic) bond motifs is 1. The molecule has 0 saturated heterocycles. The number of nitrogens with one attached hydrogen (secondary N) is 2. The lowest BCUT2D eigenvalue weighted by Gasteiger charge is -2.20. The van der Waals surface area contributed by atoms with E-state index in [0.29, 0.717) is 34.5 Å². The summed E-state index contributed by atoms with van der Waals surface area (Å²) in [5.41, 5.74) is 6.73. The maximum atomic E-state index is 12.0. The van der Waals surface area contributed by atoms with Gasteiger partial charge in [-0.1, -0.05) is 25.4 Å². The van der Waals surface area contributed by atoms with Crippen molar-refractivity contribution in [3.05, 3.63) is 17.2 Å². The Kier molecular flexibility index (Phi) is 4.69. The summed E-state index contributed by atoms with van der Waals surface area (Å²) in [5, 5.41) is 5.64. The first-order chi connectivity index (χ1) is 9.86. The van der Waals surface area contributed by atoms with E-state index in [1.165, 1.54) is 6.07 Å². The van der Waals surface area contributed by atoms with Crippen molar-refractivity contribution in [2.75, 3.05) is 17.2 Å². The van der Waals surface area contributed by atoms with E-state index in [-0.39, 0.29) is 18.4 Å². The molecule has 4 N–H and O–H groups in total. The van der Waals surface area contributed by atoms with Gasteiger partial charge in [-0.2, -0.15) is 0 Å². The summed E-state index contributed by atoms with van der Waals surface area (Å²) in [7, 11) is 0. The number of carbonyl (C=O) groups is 2. The van der Waals surface area contributed by atoms with Gasteiger partial charge in [-0.05, 0) is 18.4 Å². The van der Waals surface area contributed by atoms with Crippen molar-refractivity contribution in [2.45, 2.75) is 26.3 Å². The van der Waals surface area contributed by atoms with Crippen molar-refractivity contribution in [3.63, 3.8) is 0 Å². The van der Waals surface area contributed by atoms with Gasteiger partial charge in [0.05, 0.1) is 22.4 Å². The molecule has 0 aliphatic carbocycles. The lowest BCUT2D eigenvalue weighted by molar-refractivity contribution is -0.119. The number of hydrogen-bond acceptors (Lipinski definition) is 4. The van der Waals surface area contributed by atoms with Gasteiger partial charge in [0, 0.05) is 6.07 Å². The Morgan fingerprint density at radius 2 is 2.24 bits per heavy atom. The summed E-state index contributed by atoms with van der Waals surface area (Å²) in [5.74, 6) is 0.245. The minimum absolute atomic E-state index is 0.0606. The van der Waals surface area contributed by atoms with Crippen molar-refractivity contribution in [1.82, 2.24) is 0 Å². The number of carbonyl (C=O) groups excluding carboxylic acids is 2. The maximum Gasteiger partial charge on any atom is 0.262 e. The summed E-state index contributed by atoms with van der Waals surface area (Å²) in [6.45, 7) is 3.93. The van der Waals surface area contributed by atoms with E-state index in [1.54, 1.807) is 6.07 Å². The minimum Gasteiger partial charge on any atom is -0.482 e. The molecule has 2 rings (SSSR count). The average Bonchev–Trinajstić information content (AvgIpc) is 2.39. The van der Waals surface area contributed by atoms with Gasteiger partial charge in [0.1, 0.15) is 5.75 Å². The molecule has 1 unspecified atom stereocenters. The highest BCUT2D eigenvalue weighted by molar-refractivity contribution is 6.34. The second kappa shape index (κ2) is 6.32. The number of rotatable bonds is 4. The van der Waals surface area contributed by atoms with Crippen LogP contribution in [-0.4, -0.2) is 24.5 Å². The van der Waals surface area contributed by atoms with Crippen molar-refractivity contribution in [1.29, 1.82) is 0 Å². The highest BCUT2D eigenvalue weighted by Gasteiger charge is 2.21. The number of halogens is 1. The van der Waals surface area contributed by atoms with Crippen LogP contribution in [0.1, 0.15) is 20.3 Å². The van der Waals surface area contributed by atoms with Gasteiger partial charge in [-0.15, -0.1) is 0 Å². The van der Waals surface area contributed by atoms with Gasteiger partial charge in [0.2, 0.25) is 5.91 Å². The van der Waals surface area contributed by atoms with E-state index in [9.17, 15) is 9.59 Å². The summed E-state index contributed by atoms with van der Waals surface area (Å²) in [6.07, 6.45) is 0.584. The molecule has 0 aromatic heterocycles. The van der Waals surface area contributed by atoms with Crippen LogP contribution >= 0.6 is 11.6 Å². The Labute approximate surface area is 128 Å². The largest absolute Gasteiger partial charge is 0.482 e. The molecule has 1 aromatic rings. The molecule has 114 valence electrons. The second-order valence-electron chi connectivity index (χ2n) is 5.39. The van der Waals surface area contributed by atoms with Crippen molar-refractivity contribution < 1.29 is 14.3 Å². The number of ether oxygens (including phenoxy) is 1. The Morgan fingerprint density at radius 3 is 2.90 bits per heavy atom. The lowest BCUT2D eigenvalue weighted by Crippen LogP contribution is -2.36. The first-order valence-corrected chi connectivity index (χ1v) is 7.07. The Balaban J connectivity index is 2.14. The minimum atomic E-state index is -0.599. The van der Waals surface area contributed by atoms with E-state index in [1.807, 2.05) is 13.8 Å². The molecular formula is C14H18ClN3O3. The molecule has 0 radical (unpaired) electrons. The second-order valence-corrected chi connectivity index (χ2v) is 5.80. The number of anilines is 2. The van der Waals surface area contributed by atoms with Gasteiger partial charge in [0.25, 0.3) is 5.91 Å². The lowest BCUT2D eigenvalue weighted by atomic mass is 10.0.